The van der Waals surface area contributed by atoms with Crippen LogP contribution >= 0.6 is 0 Å². The molecule has 1 fully saturated rings. The maximum absolute atomic E-state index is 6.38. The Labute approximate surface area is 123 Å². The summed E-state index contributed by atoms with van der Waals surface area (Å²) in [7, 11) is 0. The van der Waals surface area contributed by atoms with E-state index in [1.54, 1.807) is 0 Å². The topological polar surface area (TPSA) is 38.5 Å². The van der Waals surface area contributed by atoms with Crippen LogP contribution in [-0.4, -0.2) is 30.1 Å². The third-order valence-corrected chi connectivity index (χ3v) is 3.89. The number of hydrogen-bond acceptors (Lipinski definition) is 3. The number of nitrogens with zero attached hydrogens (tertiary/aromatic N) is 1. The van der Waals surface area contributed by atoms with Crippen LogP contribution in [-0.2, 0) is 0 Å². The molecule has 112 valence electrons. The van der Waals surface area contributed by atoms with Crippen LogP contribution < -0.4 is 10.5 Å². The van der Waals surface area contributed by atoms with Crippen molar-refractivity contribution < 1.29 is 4.74 Å². The Kier molecular flexibility index (Phi) is 5.44. The van der Waals surface area contributed by atoms with Gasteiger partial charge in [-0.3, -0.25) is 4.90 Å². The summed E-state index contributed by atoms with van der Waals surface area (Å²) in [6.07, 6.45) is 3.73. The second-order valence-electron chi connectivity index (χ2n) is 6.02. The SMILES string of the molecule is CCCN1CCCC(N)C1c1ccc(OC(C)C)cc1. The first-order valence-electron chi connectivity index (χ1n) is 7.88. The van der Waals surface area contributed by atoms with Crippen LogP contribution in [0.3, 0.4) is 0 Å². The monoisotopic (exact) mass is 276 g/mol. The van der Waals surface area contributed by atoms with Gasteiger partial charge in [0.2, 0.25) is 0 Å². The number of nitrogens with two attached hydrogens (primary N) is 1. The van der Waals surface area contributed by atoms with Gasteiger partial charge in [-0.1, -0.05) is 19.1 Å². The number of rotatable bonds is 5. The van der Waals surface area contributed by atoms with Gasteiger partial charge < -0.3 is 10.5 Å². The fourth-order valence-corrected chi connectivity index (χ4v) is 3.11. The fourth-order valence-electron chi connectivity index (χ4n) is 3.11. The van der Waals surface area contributed by atoms with E-state index in [1.165, 1.54) is 18.4 Å². The molecule has 3 heteroatoms. The van der Waals surface area contributed by atoms with Crippen LogP contribution in [0.4, 0.5) is 0 Å². The Balaban J connectivity index is 2.14. The number of likely N-dealkylation sites (tertiary alicyclic amines) is 1. The molecule has 1 saturated heterocycles. The number of benzene rings is 1. The molecule has 0 saturated carbocycles. The van der Waals surface area contributed by atoms with E-state index in [0.29, 0.717) is 6.04 Å². The van der Waals surface area contributed by atoms with Crippen LogP contribution in [0.5, 0.6) is 5.75 Å². The van der Waals surface area contributed by atoms with Crippen molar-refractivity contribution in [1.82, 2.24) is 4.90 Å². The number of piperidine rings is 1. The molecule has 1 heterocycles. The fraction of sp³-hybridized carbons (Fsp3) is 0.647. The Morgan fingerprint density at radius 3 is 2.60 bits per heavy atom. The van der Waals surface area contributed by atoms with E-state index in [1.807, 2.05) is 13.8 Å². The van der Waals surface area contributed by atoms with Crippen molar-refractivity contribution in [3.63, 3.8) is 0 Å². The summed E-state index contributed by atoms with van der Waals surface area (Å²) in [4.78, 5) is 2.53. The van der Waals surface area contributed by atoms with Crippen LogP contribution in [0.2, 0.25) is 0 Å². The quantitative estimate of drug-likeness (QED) is 0.896. The van der Waals surface area contributed by atoms with E-state index >= 15 is 0 Å². The van der Waals surface area contributed by atoms with Crippen molar-refractivity contribution >= 4 is 0 Å². The van der Waals surface area contributed by atoms with Crippen molar-refractivity contribution in [3.05, 3.63) is 29.8 Å². The lowest BCUT2D eigenvalue weighted by atomic mass is 9.91. The molecule has 0 spiro atoms. The average Bonchev–Trinajstić information content (AvgIpc) is 2.40. The molecule has 1 aliphatic rings. The van der Waals surface area contributed by atoms with Gasteiger partial charge in [-0.25, -0.2) is 0 Å². The summed E-state index contributed by atoms with van der Waals surface area (Å²) in [6.45, 7) is 8.62. The van der Waals surface area contributed by atoms with Crippen molar-refractivity contribution in [2.24, 2.45) is 5.73 Å². The molecule has 0 bridgehead atoms. The summed E-state index contributed by atoms with van der Waals surface area (Å²) in [5.74, 6) is 0.940. The van der Waals surface area contributed by atoms with Crippen molar-refractivity contribution in [2.45, 2.75) is 58.2 Å². The molecule has 2 unspecified atom stereocenters. The van der Waals surface area contributed by atoms with Gasteiger partial charge in [-0.15, -0.1) is 0 Å². The lowest BCUT2D eigenvalue weighted by Gasteiger charge is -2.40. The number of ether oxygens (including phenoxy) is 1. The minimum Gasteiger partial charge on any atom is -0.491 e. The molecule has 2 atom stereocenters. The van der Waals surface area contributed by atoms with Gasteiger partial charge in [0.15, 0.2) is 0 Å². The Morgan fingerprint density at radius 1 is 1.30 bits per heavy atom. The average molecular weight is 276 g/mol. The van der Waals surface area contributed by atoms with E-state index < -0.39 is 0 Å². The summed E-state index contributed by atoms with van der Waals surface area (Å²) >= 11 is 0. The first kappa shape index (κ1) is 15.3. The van der Waals surface area contributed by atoms with E-state index in [9.17, 15) is 0 Å². The highest BCUT2D eigenvalue weighted by atomic mass is 16.5. The first-order chi connectivity index (χ1) is 9.61. The van der Waals surface area contributed by atoms with Crippen molar-refractivity contribution in [1.29, 1.82) is 0 Å². The predicted octanol–water partition coefficient (Wildman–Crippen LogP) is 3.35. The molecular weight excluding hydrogens is 248 g/mol. The molecule has 0 aliphatic carbocycles. The Bertz CT molecular complexity index is 400. The number of hydrogen-bond donors (Lipinski definition) is 1. The Morgan fingerprint density at radius 2 is 2.00 bits per heavy atom. The zero-order valence-electron chi connectivity index (χ0n) is 13.0. The summed E-state index contributed by atoms with van der Waals surface area (Å²) in [6, 6.07) is 9.09. The highest BCUT2D eigenvalue weighted by Crippen LogP contribution is 2.31. The minimum atomic E-state index is 0.217. The van der Waals surface area contributed by atoms with Crippen molar-refractivity contribution in [3.8, 4) is 5.75 Å². The summed E-state index contributed by atoms with van der Waals surface area (Å²) in [5, 5.41) is 0. The summed E-state index contributed by atoms with van der Waals surface area (Å²) in [5.41, 5.74) is 7.70. The normalized spacial score (nSPS) is 24.1. The van der Waals surface area contributed by atoms with Gasteiger partial charge >= 0.3 is 0 Å². The van der Waals surface area contributed by atoms with Gasteiger partial charge in [0.1, 0.15) is 5.75 Å². The largest absolute Gasteiger partial charge is 0.491 e. The van der Waals surface area contributed by atoms with E-state index in [-0.39, 0.29) is 12.1 Å². The Hall–Kier alpha value is -1.06. The highest BCUT2D eigenvalue weighted by Gasteiger charge is 2.29. The molecule has 1 aliphatic heterocycles. The zero-order valence-corrected chi connectivity index (χ0v) is 13.0. The van der Waals surface area contributed by atoms with Crippen LogP contribution in [0.25, 0.3) is 0 Å². The predicted molar refractivity (Wildman–Crippen MR) is 84.0 cm³/mol. The molecule has 0 aromatic heterocycles. The molecule has 2 N–H and O–H groups in total. The van der Waals surface area contributed by atoms with Crippen LogP contribution in [0, 0.1) is 0 Å². The molecule has 0 radical (unpaired) electrons. The maximum Gasteiger partial charge on any atom is 0.119 e. The molecule has 0 amide bonds. The van der Waals surface area contributed by atoms with Gasteiger partial charge in [-0.2, -0.15) is 0 Å². The van der Waals surface area contributed by atoms with Crippen LogP contribution in [0.1, 0.15) is 51.6 Å². The second kappa shape index (κ2) is 7.09. The lowest BCUT2D eigenvalue weighted by Crippen LogP contribution is -2.46. The standard InChI is InChI=1S/C17H28N2O/c1-4-11-19-12-5-6-16(18)17(19)14-7-9-15(10-8-14)20-13(2)3/h7-10,13,16-17H,4-6,11-12,18H2,1-3H3. The van der Waals surface area contributed by atoms with Gasteiger partial charge in [0.05, 0.1) is 6.10 Å². The molecule has 20 heavy (non-hydrogen) atoms. The highest BCUT2D eigenvalue weighted by molar-refractivity contribution is 5.30. The zero-order chi connectivity index (χ0) is 14.5. The second-order valence-corrected chi connectivity index (χ2v) is 6.02. The molecule has 3 nitrogen and oxygen atoms in total. The first-order valence-corrected chi connectivity index (χ1v) is 7.88. The van der Waals surface area contributed by atoms with E-state index in [2.05, 4.69) is 36.1 Å². The van der Waals surface area contributed by atoms with Gasteiger partial charge in [0, 0.05) is 12.1 Å². The van der Waals surface area contributed by atoms with Crippen LogP contribution in [0.15, 0.2) is 24.3 Å². The van der Waals surface area contributed by atoms with E-state index in [4.69, 9.17) is 10.5 Å². The minimum absolute atomic E-state index is 0.217. The lowest BCUT2D eigenvalue weighted by molar-refractivity contribution is 0.128. The molecule has 1 aromatic rings. The van der Waals surface area contributed by atoms with Crippen molar-refractivity contribution in [2.75, 3.05) is 13.1 Å². The molecule has 2 rings (SSSR count). The third-order valence-electron chi connectivity index (χ3n) is 3.89. The van der Waals surface area contributed by atoms with Gasteiger partial charge in [-0.05, 0) is 63.9 Å². The molecular formula is C17H28N2O. The smallest absolute Gasteiger partial charge is 0.119 e. The third kappa shape index (κ3) is 3.74. The van der Waals surface area contributed by atoms with Gasteiger partial charge in [0.25, 0.3) is 0 Å². The van der Waals surface area contributed by atoms with E-state index in [0.717, 1.165) is 25.3 Å². The summed E-state index contributed by atoms with van der Waals surface area (Å²) < 4.78 is 5.71. The molecule has 1 aromatic carbocycles. The maximum atomic E-state index is 6.38.